The van der Waals surface area contributed by atoms with Gasteiger partial charge in [0.1, 0.15) is 11.5 Å². The Balaban J connectivity index is 1.42. The summed E-state index contributed by atoms with van der Waals surface area (Å²) in [6.07, 6.45) is 9.49. The fourth-order valence-corrected chi connectivity index (χ4v) is 3.64. The number of amides is 1. The van der Waals surface area contributed by atoms with Crippen molar-refractivity contribution in [2.45, 2.75) is 31.5 Å². The zero-order chi connectivity index (χ0) is 19.3. The highest BCUT2D eigenvalue weighted by Crippen LogP contribution is 2.29. The molecule has 7 heteroatoms. The predicted octanol–water partition coefficient (Wildman–Crippen LogP) is 2.64. The number of carbonyl (C=O) groups excluding carboxylic acids is 1. The van der Waals surface area contributed by atoms with Gasteiger partial charge in [-0.25, -0.2) is 4.98 Å². The Morgan fingerprint density at radius 1 is 1.14 bits per heavy atom. The van der Waals surface area contributed by atoms with Crippen LogP contribution < -0.4 is 10.1 Å². The van der Waals surface area contributed by atoms with Crippen LogP contribution in [0.3, 0.4) is 0 Å². The maximum absolute atomic E-state index is 12.9. The predicted molar refractivity (Wildman–Crippen MR) is 103 cm³/mol. The molecule has 28 heavy (non-hydrogen) atoms. The third-order valence-electron chi connectivity index (χ3n) is 4.98. The minimum Gasteiger partial charge on any atom is -0.456 e. The van der Waals surface area contributed by atoms with Crippen LogP contribution in [-0.4, -0.2) is 37.7 Å². The second-order valence-electron chi connectivity index (χ2n) is 7.03. The Labute approximate surface area is 163 Å². The van der Waals surface area contributed by atoms with Crippen molar-refractivity contribution in [2.24, 2.45) is 5.92 Å². The van der Waals surface area contributed by atoms with E-state index in [0.29, 0.717) is 23.5 Å². The zero-order valence-electron chi connectivity index (χ0n) is 15.3. The molecule has 1 aliphatic carbocycles. The second kappa shape index (κ2) is 8.22. The summed E-state index contributed by atoms with van der Waals surface area (Å²) in [6.45, 7) is 0.783. The van der Waals surface area contributed by atoms with Crippen molar-refractivity contribution < 1.29 is 14.6 Å². The zero-order valence-corrected chi connectivity index (χ0v) is 15.3. The molecular formula is C21H22N4O3. The number of carbonyl (C=O) groups is 1. The Kier molecular flexibility index (Phi) is 5.34. The second-order valence-corrected chi connectivity index (χ2v) is 7.03. The minimum absolute atomic E-state index is 0.253. The van der Waals surface area contributed by atoms with E-state index in [0.717, 1.165) is 13.0 Å². The van der Waals surface area contributed by atoms with Crippen molar-refractivity contribution >= 4 is 5.91 Å². The number of aromatic nitrogens is 3. The summed E-state index contributed by atoms with van der Waals surface area (Å²) in [5, 5.41) is 13.4. The lowest BCUT2D eigenvalue weighted by Crippen LogP contribution is -2.40. The first kappa shape index (κ1) is 18.2. The van der Waals surface area contributed by atoms with Gasteiger partial charge >= 0.3 is 0 Å². The van der Waals surface area contributed by atoms with Crippen molar-refractivity contribution in [2.75, 3.05) is 0 Å². The van der Waals surface area contributed by atoms with Gasteiger partial charge in [-0.15, -0.1) is 0 Å². The smallest absolute Gasteiger partial charge is 0.255 e. The van der Waals surface area contributed by atoms with Gasteiger partial charge in [0.05, 0.1) is 24.0 Å². The number of nitrogens with one attached hydrogen (secondary N) is 1. The SMILES string of the molecule is O=C(N[C@@H]1CC(Cn2ccnc2)C[C@H]1O)c1ccccc1Oc1ccncc1. The molecule has 3 aromatic rings. The molecule has 3 atom stereocenters. The molecule has 4 rings (SSSR count). The fourth-order valence-electron chi connectivity index (χ4n) is 3.64. The van der Waals surface area contributed by atoms with Crippen LogP contribution in [0.5, 0.6) is 11.5 Å². The largest absolute Gasteiger partial charge is 0.456 e. The molecule has 1 unspecified atom stereocenters. The van der Waals surface area contributed by atoms with E-state index < -0.39 is 6.10 Å². The third-order valence-corrected chi connectivity index (χ3v) is 4.98. The first-order chi connectivity index (χ1) is 13.7. The highest BCUT2D eigenvalue weighted by atomic mass is 16.5. The van der Waals surface area contributed by atoms with E-state index in [2.05, 4.69) is 15.3 Å². The molecule has 0 saturated heterocycles. The monoisotopic (exact) mass is 378 g/mol. The maximum atomic E-state index is 12.9. The molecule has 1 fully saturated rings. The van der Waals surface area contributed by atoms with Crippen LogP contribution in [0.4, 0.5) is 0 Å². The molecule has 144 valence electrons. The maximum Gasteiger partial charge on any atom is 0.255 e. The topological polar surface area (TPSA) is 89.3 Å². The third kappa shape index (κ3) is 4.20. The number of hydrogen-bond donors (Lipinski definition) is 2. The lowest BCUT2D eigenvalue weighted by atomic mass is 10.1. The van der Waals surface area contributed by atoms with Gasteiger partial charge < -0.3 is 19.7 Å². The number of pyridine rings is 1. The molecule has 0 bridgehead atoms. The number of ether oxygens (including phenoxy) is 1. The average Bonchev–Trinajstić information content (AvgIpc) is 3.33. The van der Waals surface area contributed by atoms with Gasteiger partial charge in [-0.05, 0) is 43.0 Å². The number of aliphatic hydroxyl groups is 1. The summed E-state index contributed by atoms with van der Waals surface area (Å²) in [6, 6.07) is 10.3. The van der Waals surface area contributed by atoms with Crippen molar-refractivity contribution in [3.8, 4) is 11.5 Å². The molecular weight excluding hydrogens is 356 g/mol. The molecule has 0 aliphatic heterocycles. The number of para-hydroxylation sites is 1. The van der Waals surface area contributed by atoms with Crippen LogP contribution in [0.15, 0.2) is 67.5 Å². The first-order valence-electron chi connectivity index (χ1n) is 9.30. The first-order valence-corrected chi connectivity index (χ1v) is 9.30. The molecule has 1 aromatic carbocycles. The fraction of sp³-hybridized carbons (Fsp3) is 0.286. The summed E-state index contributed by atoms with van der Waals surface area (Å²) in [7, 11) is 0. The van der Waals surface area contributed by atoms with Gasteiger partial charge in [0, 0.05) is 31.3 Å². The van der Waals surface area contributed by atoms with Gasteiger partial charge in [0.15, 0.2) is 0 Å². The van der Waals surface area contributed by atoms with Crippen LogP contribution >= 0.6 is 0 Å². The summed E-state index contributed by atoms with van der Waals surface area (Å²) in [5.41, 5.74) is 0.435. The summed E-state index contributed by atoms with van der Waals surface area (Å²) in [4.78, 5) is 20.9. The number of rotatable bonds is 6. The Hall–Kier alpha value is -3.19. The number of hydrogen-bond acceptors (Lipinski definition) is 5. The highest BCUT2D eigenvalue weighted by molar-refractivity contribution is 5.97. The average molecular weight is 378 g/mol. The van der Waals surface area contributed by atoms with Gasteiger partial charge in [0.2, 0.25) is 0 Å². The van der Waals surface area contributed by atoms with E-state index in [1.807, 2.05) is 16.8 Å². The van der Waals surface area contributed by atoms with E-state index in [-0.39, 0.29) is 17.9 Å². The molecule has 2 N–H and O–H groups in total. The van der Waals surface area contributed by atoms with Crippen LogP contribution in [0.25, 0.3) is 0 Å². The van der Waals surface area contributed by atoms with E-state index in [1.54, 1.807) is 55.2 Å². The van der Waals surface area contributed by atoms with E-state index in [1.165, 1.54) is 0 Å². The number of benzene rings is 1. The Morgan fingerprint density at radius 3 is 2.75 bits per heavy atom. The number of aliphatic hydroxyl groups excluding tert-OH is 1. The molecule has 1 saturated carbocycles. The molecule has 0 spiro atoms. The van der Waals surface area contributed by atoms with Crippen LogP contribution in [0.1, 0.15) is 23.2 Å². The van der Waals surface area contributed by atoms with Gasteiger partial charge in [-0.2, -0.15) is 0 Å². The van der Waals surface area contributed by atoms with Crippen molar-refractivity contribution in [1.29, 1.82) is 0 Å². The molecule has 2 aromatic heterocycles. The Bertz CT molecular complexity index is 914. The molecule has 7 nitrogen and oxygen atoms in total. The standard InChI is InChI=1S/C21H22N4O3/c26-19-12-15(13-25-10-9-23-14-25)11-18(19)24-21(27)17-3-1-2-4-20(17)28-16-5-7-22-8-6-16/h1-10,14-15,18-19,26H,11-13H2,(H,24,27)/t15?,18-,19-/m1/s1. The van der Waals surface area contributed by atoms with Crippen molar-refractivity contribution in [1.82, 2.24) is 19.9 Å². The number of nitrogens with zero attached hydrogens (tertiary/aromatic N) is 3. The quantitative estimate of drug-likeness (QED) is 0.688. The summed E-state index contributed by atoms with van der Waals surface area (Å²) >= 11 is 0. The lowest BCUT2D eigenvalue weighted by Gasteiger charge is -2.18. The summed E-state index contributed by atoms with van der Waals surface area (Å²) < 4.78 is 7.84. The molecule has 1 amide bonds. The van der Waals surface area contributed by atoms with E-state index >= 15 is 0 Å². The van der Waals surface area contributed by atoms with Gasteiger partial charge in [0.25, 0.3) is 5.91 Å². The van der Waals surface area contributed by atoms with Crippen molar-refractivity contribution in [3.05, 3.63) is 73.1 Å². The van der Waals surface area contributed by atoms with Gasteiger partial charge in [-0.3, -0.25) is 9.78 Å². The summed E-state index contributed by atoms with van der Waals surface area (Å²) in [5.74, 6) is 1.11. The van der Waals surface area contributed by atoms with E-state index in [4.69, 9.17) is 4.74 Å². The molecule has 2 heterocycles. The molecule has 1 aliphatic rings. The normalized spacial score (nSPS) is 21.4. The minimum atomic E-state index is -0.564. The Morgan fingerprint density at radius 2 is 1.96 bits per heavy atom. The highest BCUT2D eigenvalue weighted by Gasteiger charge is 2.34. The van der Waals surface area contributed by atoms with E-state index in [9.17, 15) is 9.90 Å². The van der Waals surface area contributed by atoms with Crippen LogP contribution in [0.2, 0.25) is 0 Å². The molecule has 0 radical (unpaired) electrons. The van der Waals surface area contributed by atoms with Crippen LogP contribution in [0, 0.1) is 5.92 Å². The lowest BCUT2D eigenvalue weighted by molar-refractivity contribution is 0.0870. The van der Waals surface area contributed by atoms with Crippen LogP contribution in [-0.2, 0) is 6.54 Å². The van der Waals surface area contributed by atoms with Gasteiger partial charge in [-0.1, -0.05) is 12.1 Å². The van der Waals surface area contributed by atoms with Crippen molar-refractivity contribution in [3.63, 3.8) is 0 Å². The number of imidazole rings is 1.